The Balaban J connectivity index is 2.02. The van der Waals surface area contributed by atoms with Gasteiger partial charge in [-0.2, -0.15) is 0 Å². The molecule has 0 saturated heterocycles. The molecule has 1 aliphatic carbocycles. The van der Waals surface area contributed by atoms with Gasteiger partial charge in [-0.1, -0.05) is 18.2 Å². The van der Waals surface area contributed by atoms with Gasteiger partial charge in [0.1, 0.15) is 0 Å². The van der Waals surface area contributed by atoms with E-state index in [-0.39, 0.29) is 5.69 Å². The van der Waals surface area contributed by atoms with Crippen LogP contribution in [0, 0.1) is 10.1 Å². The fourth-order valence-electron chi connectivity index (χ4n) is 2.23. The van der Waals surface area contributed by atoms with E-state index in [9.17, 15) is 10.1 Å². The van der Waals surface area contributed by atoms with Crippen molar-refractivity contribution in [3.8, 4) is 5.75 Å². The van der Waals surface area contributed by atoms with Gasteiger partial charge in [-0.05, 0) is 30.9 Å². The van der Waals surface area contributed by atoms with Gasteiger partial charge in [0, 0.05) is 18.7 Å². The molecule has 1 atom stereocenters. The minimum absolute atomic E-state index is 0.0188. The molecule has 1 unspecified atom stereocenters. The molecule has 0 bridgehead atoms. The average Bonchev–Trinajstić information content (AvgIpc) is 2.46. The van der Waals surface area contributed by atoms with Crippen molar-refractivity contribution in [2.75, 3.05) is 7.11 Å². The summed E-state index contributed by atoms with van der Waals surface area (Å²) in [4.78, 5) is 10.5. The van der Waals surface area contributed by atoms with Gasteiger partial charge in [0.15, 0.2) is 5.75 Å². The average molecular weight is 262 g/mol. The number of nitro benzene ring substituents is 1. The zero-order valence-corrected chi connectivity index (χ0v) is 11.0. The quantitative estimate of drug-likeness (QED) is 0.503. The molecule has 2 rings (SSSR count). The van der Waals surface area contributed by atoms with Gasteiger partial charge in [-0.3, -0.25) is 10.1 Å². The number of hydrogen-bond donors (Lipinski definition) is 1. The van der Waals surface area contributed by atoms with Gasteiger partial charge in [-0.15, -0.1) is 0 Å². The molecular formula is C14H18N2O3. The molecule has 0 radical (unpaired) electrons. The normalized spacial score (nSPS) is 18.3. The Labute approximate surface area is 112 Å². The predicted molar refractivity (Wildman–Crippen MR) is 73.3 cm³/mol. The van der Waals surface area contributed by atoms with E-state index in [0.717, 1.165) is 24.8 Å². The second-order valence-electron chi connectivity index (χ2n) is 4.63. The summed E-state index contributed by atoms with van der Waals surface area (Å²) >= 11 is 0. The monoisotopic (exact) mass is 262 g/mol. The Hall–Kier alpha value is -1.88. The third kappa shape index (κ3) is 3.54. The number of nitro groups is 1. The van der Waals surface area contributed by atoms with E-state index in [2.05, 4.69) is 17.5 Å². The fourth-order valence-corrected chi connectivity index (χ4v) is 2.23. The van der Waals surface area contributed by atoms with Crippen molar-refractivity contribution in [2.45, 2.75) is 31.8 Å². The molecule has 1 aliphatic rings. The first kappa shape index (κ1) is 13.5. The molecule has 0 spiro atoms. The van der Waals surface area contributed by atoms with Crippen LogP contribution >= 0.6 is 0 Å². The molecule has 1 aromatic rings. The van der Waals surface area contributed by atoms with Crippen molar-refractivity contribution in [1.29, 1.82) is 0 Å². The summed E-state index contributed by atoms with van der Waals surface area (Å²) in [6.45, 7) is 0.642. The first-order valence-electron chi connectivity index (χ1n) is 6.40. The van der Waals surface area contributed by atoms with E-state index in [1.54, 1.807) is 12.1 Å². The lowest BCUT2D eigenvalue weighted by Gasteiger charge is -2.19. The van der Waals surface area contributed by atoms with Gasteiger partial charge in [-0.25, -0.2) is 0 Å². The molecule has 0 amide bonds. The molecule has 1 N–H and O–H groups in total. The van der Waals surface area contributed by atoms with Crippen LogP contribution in [0.4, 0.5) is 5.69 Å². The van der Waals surface area contributed by atoms with Crippen molar-refractivity contribution in [2.24, 2.45) is 0 Å². The topological polar surface area (TPSA) is 64.4 Å². The molecule has 0 aromatic heterocycles. The third-order valence-corrected chi connectivity index (χ3v) is 3.30. The van der Waals surface area contributed by atoms with Gasteiger partial charge in [0.05, 0.1) is 12.0 Å². The number of rotatable bonds is 5. The van der Waals surface area contributed by atoms with Crippen LogP contribution in [0.15, 0.2) is 30.4 Å². The molecule has 0 heterocycles. The molecule has 0 aliphatic heterocycles. The number of nitrogens with one attached hydrogen (secondary N) is 1. The maximum atomic E-state index is 10.9. The standard InChI is InChI=1S/C14H18N2O3/c1-19-14-8-7-11(9-13(14)16(17)18)10-15-12-5-3-2-4-6-12/h2-3,7-9,12,15H,4-6,10H2,1H3. The minimum atomic E-state index is -0.411. The SMILES string of the molecule is COc1ccc(CNC2CC=CCC2)cc1[N+](=O)[O-]. The maximum Gasteiger partial charge on any atom is 0.311 e. The van der Waals surface area contributed by atoms with E-state index in [1.165, 1.54) is 7.11 Å². The van der Waals surface area contributed by atoms with Crippen molar-refractivity contribution < 1.29 is 9.66 Å². The van der Waals surface area contributed by atoms with Gasteiger partial charge in [0.25, 0.3) is 0 Å². The summed E-state index contributed by atoms with van der Waals surface area (Å²) in [7, 11) is 1.44. The van der Waals surface area contributed by atoms with Crippen LogP contribution < -0.4 is 10.1 Å². The first-order chi connectivity index (χ1) is 9.20. The van der Waals surface area contributed by atoms with Crippen LogP contribution in [0.1, 0.15) is 24.8 Å². The Bertz CT molecular complexity index is 486. The highest BCUT2D eigenvalue weighted by Crippen LogP contribution is 2.27. The Morgan fingerprint density at radius 3 is 2.95 bits per heavy atom. The molecule has 102 valence electrons. The van der Waals surface area contributed by atoms with Crippen LogP contribution in [0.5, 0.6) is 5.75 Å². The Kier molecular flexibility index (Phi) is 4.52. The summed E-state index contributed by atoms with van der Waals surface area (Å²) in [5.41, 5.74) is 0.924. The molecule has 0 saturated carbocycles. The molecule has 0 fully saturated rings. The number of hydrogen-bond acceptors (Lipinski definition) is 4. The van der Waals surface area contributed by atoms with Crippen LogP contribution in [0.25, 0.3) is 0 Å². The highest BCUT2D eigenvalue weighted by atomic mass is 16.6. The molecule has 19 heavy (non-hydrogen) atoms. The largest absolute Gasteiger partial charge is 0.490 e. The third-order valence-electron chi connectivity index (χ3n) is 3.30. The van der Waals surface area contributed by atoms with Gasteiger partial charge >= 0.3 is 5.69 Å². The number of nitrogens with zero attached hydrogens (tertiary/aromatic N) is 1. The summed E-state index contributed by atoms with van der Waals surface area (Å²) in [5, 5.41) is 14.4. The lowest BCUT2D eigenvalue weighted by molar-refractivity contribution is -0.385. The van der Waals surface area contributed by atoms with E-state index in [0.29, 0.717) is 18.3 Å². The second kappa shape index (κ2) is 6.33. The van der Waals surface area contributed by atoms with Crippen LogP contribution in [0.2, 0.25) is 0 Å². The van der Waals surface area contributed by atoms with E-state index in [1.807, 2.05) is 6.07 Å². The Morgan fingerprint density at radius 1 is 1.47 bits per heavy atom. The summed E-state index contributed by atoms with van der Waals surface area (Å²) in [6.07, 6.45) is 7.61. The van der Waals surface area contributed by atoms with E-state index in [4.69, 9.17) is 4.74 Å². The van der Waals surface area contributed by atoms with Crippen LogP contribution in [-0.2, 0) is 6.54 Å². The van der Waals surface area contributed by atoms with Crippen molar-refractivity contribution in [3.05, 3.63) is 46.0 Å². The highest BCUT2D eigenvalue weighted by Gasteiger charge is 2.15. The van der Waals surface area contributed by atoms with Crippen LogP contribution in [0.3, 0.4) is 0 Å². The predicted octanol–water partition coefficient (Wildman–Crippen LogP) is 2.80. The summed E-state index contributed by atoms with van der Waals surface area (Å²) < 4.78 is 4.98. The summed E-state index contributed by atoms with van der Waals surface area (Å²) in [5.74, 6) is 0.300. The highest BCUT2D eigenvalue weighted by molar-refractivity contribution is 5.48. The fraction of sp³-hybridized carbons (Fsp3) is 0.429. The number of methoxy groups -OCH3 is 1. The molecular weight excluding hydrogens is 244 g/mol. The van der Waals surface area contributed by atoms with Crippen molar-refractivity contribution in [3.63, 3.8) is 0 Å². The zero-order chi connectivity index (χ0) is 13.7. The van der Waals surface area contributed by atoms with Crippen molar-refractivity contribution >= 4 is 5.69 Å². The van der Waals surface area contributed by atoms with Gasteiger partial charge < -0.3 is 10.1 Å². The van der Waals surface area contributed by atoms with Gasteiger partial charge in [0.2, 0.25) is 0 Å². The lowest BCUT2D eigenvalue weighted by atomic mass is 10.0. The number of ether oxygens (including phenoxy) is 1. The van der Waals surface area contributed by atoms with E-state index >= 15 is 0 Å². The van der Waals surface area contributed by atoms with E-state index < -0.39 is 4.92 Å². The van der Waals surface area contributed by atoms with Crippen LogP contribution in [-0.4, -0.2) is 18.1 Å². The smallest absolute Gasteiger partial charge is 0.311 e. The minimum Gasteiger partial charge on any atom is -0.490 e. The second-order valence-corrected chi connectivity index (χ2v) is 4.63. The van der Waals surface area contributed by atoms with Crippen molar-refractivity contribution in [1.82, 2.24) is 5.32 Å². The molecule has 5 nitrogen and oxygen atoms in total. The summed E-state index contributed by atoms with van der Waals surface area (Å²) in [6, 6.07) is 5.55. The number of benzene rings is 1. The lowest BCUT2D eigenvalue weighted by Crippen LogP contribution is -2.29. The first-order valence-corrected chi connectivity index (χ1v) is 6.40. The number of allylic oxidation sites excluding steroid dienone is 1. The zero-order valence-electron chi connectivity index (χ0n) is 11.0. The molecule has 1 aromatic carbocycles. The Morgan fingerprint density at radius 2 is 2.32 bits per heavy atom. The molecule has 5 heteroatoms. The maximum absolute atomic E-state index is 10.9.